The van der Waals surface area contributed by atoms with Crippen molar-refractivity contribution in [3.63, 3.8) is 0 Å². The summed E-state index contributed by atoms with van der Waals surface area (Å²) in [5.74, 6) is 0.851. The summed E-state index contributed by atoms with van der Waals surface area (Å²) in [7, 11) is 1.69. The Labute approximate surface area is 135 Å². The average Bonchev–Trinajstić information content (AvgIpc) is 2.45. The highest BCUT2D eigenvalue weighted by Gasteiger charge is 2.12. The van der Waals surface area contributed by atoms with E-state index in [-0.39, 0.29) is 5.41 Å². The molecule has 2 aromatic rings. The van der Waals surface area contributed by atoms with Crippen LogP contribution in [0.1, 0.15) is 31.9 Å². The minimum absolute atomic E-state index is 0.194. The van der Waals surface area contributed by atoms with Crippen molar-refractivity contribution < 1.29 is 4.74 Å². The molecule has 0 atom stereocenters. The van der Waals surface area contributed by atoms with Gasteiger partial charge in [0, 0.05) is 11.0 Å². The van der Waals surface area contributed by atoms with E-state index in [0.717, 1.165) is 22.5 Å². The molecule has 0 amide bonds. The van der Waals surface area contributed by atoms with E-state index in [9.17, 15) is 0 Å². The normalized spacial score (nSPS) is 11.3. The van der Waals surface area contributed by atoms with Gasteiger partial charge in [-0.2, -0.15) is 0 Å². The Morgan fingerprint density at radius 1 is 1.05 bits per heavy atom. The summed E-state index contributed by atoms with van der Waals surface area (Å²) < 4.78 is 6.41. The van der Waals surface area contributed by atoms with E-state index in [1.807, 2.05) is 18.2 Å². The van der Waals surface area contributed by atoms with Crippen LogP contribution in [0.5, 0.6) is 5.75 Å². The third kappa shape index (κ3) is 4.24. The van der Waals surface area contributed by atoms with Crippen molar-refractivity contribution >= 4 is 21.6 Å². The monoisotopic (exact) mass is 347 g/mol. The van der Waals surface area contributed by atoms with Crippen molar-refractivity contribution in [2.75, 3.05) is 12.4 Å². The van der Waals surface area contributed by atoms with Crippen LogP contribution in [0.4, 0.5) is 5.69 Å². The smallest absolute Gasteiger partial charge is 0.142 e. The summed E-state index contributed by atoms with van der Waals surface area (Å²) in [4.78, 5) is 0. The van der Waals surface area contributed by atoms with E-state index in [1.54, 1.807) is 7.11 Å². The maximum atomic E-state index is 5.37. The average molecular weight is 348 g/mol. The number of ether oxygens (including phenoxy) is 1. The maximum Gasteiger partial charge on any atom is 0.142 e. The molecule has 2 rings (SSSR count). The quantitative estimate of drug-likeness (QED) is 0.802. The van der Waals surface area contributed by atoms with Crippen molar-refractivity contribution in [2.24, 2.45) is 0 Å². The molecule has 0 saturated carbocycles. The summed E-state index contributed by atoms with van der Waals surface area (Å²) in [5.41, 5.74) is 3.79. The van der Waals surface area contributed by atoms with E-state index in [0.29, 0.717) is 0 Å². The molecule has 2 aromatic carbocycles. The highest BCUT2D eigenvalue weighted by molar-refractivity contribution is 9.10. The van der Waals surface area contributed by atoms with Crippen molar-refractivity contribution in [3.05, 3.63) is 58.1 Å². The fourth-order valence-electron chi connectivity index (χ4n) is 2.14. The van der Waals surface area contributed by atoms with Gasteiger partial charge in [0.1, 0.15) is 5.75 Å². The molecule has 0 saturated heterocycles. The van der Waals surface area contributed by atoms with Gasteiger partial charge >= 0.3 is 0 Å². The first-order valence-electron chi connectivity index (χ1n) is 7.07. The lowest BCUT2D eigenvalue weighted by atomic mass is 9.87. The van der Waals surface area contributed by atoms with E-state index in [2.05, 4.69) is 66.3 Å². The SMILES string of the molecule is COc1ccc(Br)cc1NCc1ccc(C(C)(C)C)cc1. The molecule has 0 aliphatic heterocycles. The molecule has 0 heterocycles. The zero-order valence-corrected chi connectivity index (χ0v) is 14.6. The van der Waals surface area contributed by atoms with E-state index < -0.39 is 0 Å². The van der Waals surface area contributed by atoms with E-state index >= 15 is 0 Å². The Bertz CT molecular complexity index is 600. The Kier molecular flexibility index (Phi) is 4.94. The highest BCUT2D eigenvalue weighted by atomic mass is 79.9. The zero-order chi connectivity index (χ0) is 15.5. The summed E-state index contributed by atoms with van der Waals surface area (Å²) in [5, 5.41) is 3.42. The minimum atomic E-state index is 0.194. The van der Waals surface area contributed by atoms with Crippen molar-refractivity contribution in [1.29, 1.82) is 0 Å². The number of benzene rings is 2. The van der Waals surface area contributed by atoms with Crippen molar-refractivity contribution in [3.8, 4) is 5.75 Å². The largest absolute Gasteiger partial charge is 0.495 e. The first-order chi connectivity index (χ1) is 9.90. The highest BCUT2D eigenvalue weighted by Crippen LogP contribution is 2.28. The zero-order valence-electron chi connectivity index (χ0n) is 13.0. The van der Waals surface area contributed by atoms with Crippen molar-refractivity contribution in [1.82, 2.24) is 0 Å². The third-order valence-electron chi connectivity index (χ3n) is 3.46. The second-order valence-corrected chi connectivity index (χ2v) is 7.06. The van der Waals surface area contributed by atoms with Crippen molar-refractivity contribution in [2.45, 2.75) is 32.7 Å². The molecular weight excluding hydrogens is 326 g/mol. The fourth-order valence-corrected chi connectivity index (χ4v) is 2.50. The summed E-state index contributed by atoms with van der Waals surface area (Å²) in [6.45, 7) is 7.46. The topological polar surface area (TPSA) is 21.3 Å². The lowest BCUT2D eigenvalue weighted by molar-refractivity contribution is 0.416. The van der Waals surface area contributed by atoms with Gasteiger partial charge < -0.3 is 10.1 Å². The molecule has 0 radical (unpaired) electrons. The molecule has 2 nitrogen and oxygen atoms in total. The number of nitrogens with one attached hydrogen (secondary N) is 1. The van der Waals surface area contributed by atoms with Gasteiger partial charge in [-0.05, 0) is 34.7 Å². The predicted molar refractivity (Wildman–Crippen MR) is 93.2 cm³/mol. The lowest BCUT2D eigenvalue weighted by Crippen LogP contribution is -2.11. The molecule has 0 fully saturated rings. The third-order valence-corrected chi connectivity index (χ3v) is 3.96. The number of hydrogen-bond acceptors (Lipinski definition) is 2. The molecule has 3 heteroatoms. The Morgan fingerprint density at radius 3 is 2.29 bits per heavy atom. The molecule has 112 valence electrons. The summed E-state index contributed by atoms with van der Waals surface area (Å²) >= 11 is 3.49. The van der Waals surface area contributed by atoms with Crippen LogP contribution in [0, 0.1) is 0 Å². The van der Waals surface area contributed by atoms with Crippen LogP contribution < -0.4 is 10.1 Å². The van der Waals surface area contributed by atoms with Crippen LogP contribution >= 0.6 is 15.9 Å². The Hall–Kier alpha value is -1.48. The number of hydrogen-bond donors (Lipinski definition) is 1. The standard InChI is InChI=1S/C18H22BrNO/c1-18(2,3)14-7-5-13(6-8-14)12-20-16-11-15(19)9-10-17(16)21-4/h5-11,20H,12H2,1-4H3. The Morgan fingerprint density at radius 2 is 1.71 bits per heavy atom. The van der Waals surface area contributed by atoms with Crippen LogP contribution in [0.2, 0.25) is 0 Å². The second-order valence-electron chi connectivity index (χ2n) is 6.15. The molecule has 21 heavy (non-hydrogen) atoms. The van der Waals surface area contributed by atoms with Gasteiger partial charge in [0.05, 0.1) is 12.8 Å². The Balaban J connectivity index is 2.08. The molecule has 0 aliphatic carbocycles. The number of rotatable bonds is 4. The first-order valence-corrected chi connectivity index (χ1v) is 7.86. The lowest BCUT2D eigenvalue weighted by Gasteiger charge is -2.19. The van der Waals surface area contributed by atoms with Gasteiger partial charge in [-0.1, -0.05) is 61.0 Å². The summed E-state index contributed by atoms with van der Waals surface area (Å²) in [6, 6.07) is 14.7. The molecule has 1 N–H and O–H groups in total. The molecule has 0 aliphatic rings. The molecular formula is C18H22BrNO. The van der Waals surface area contributed by atoms with Crippen LogP contribution in [0.25, 0.3) is 0 Å². The molecule has 0 aromatic heterocycles. The summed E-state index contributed by atoms with van der Waals surface area (Å²) in [6.07, 6.45) is 0. The number of halogens is 1. The number of methoxy groups -OCH3 is 1. The molecule has 0 spiro atoms. The molecule has 0 unspecified atom stereocenters. The van der Waals surface area contributed by atoms with Crippen LogP contribution in [-0.2, 0) is 12.0 Å². The second kappa shape index (κ2) is 6.52. The van der Waals surface area contributed by atoms with Gasteiger partial charge in [0.15, 0.2) is 0 Å². The van der Waals surface area contributed by atoms with Crippen LogP contribution in [-0.4, -0.2) is 7.11 Å². The maximum absolute atomic E-state index is 5.37. The van der Waals surface area contributed by atoms with Gasteiger partial charge in [0.2, 0.25) is 0 Å². The van der Waals surface area contributed by atoms with Gasteiger partial charge in [-0.3, -0.25) is 0 Å². The molecule has 0 bridgehead atoms. The first kappa shape index (κ1) is 15.9. The number of anilines is 1. The fraction of sp³-hybridized carbons (Fsp3) is 0.333. The van der Waals surface area contributed by atoms with Crippen LogP contribution in [0.3, 0.4) is 0 Å². The van der Waals surface area contributed by atoms with Gasteiger partial charge in [-0.25, -0.2) is 0 Å². The predicted octanol–water partition coefficient (Wildman–Crippen LogP) is 5.37. The van der Waals surface area contributed by atoms with Crippen LogP contribution in [0.15, 0.2) is 46.9 Å². The van der Waals surface area contributed by atoms with Gasteiger partial charge in [0.25, 0.3) is 0 Å². The van der Waals surface area contributed by atoms with Gasteiger partial charge in [-0.15, -0.1) is 0 Å². The van der Waals surface area contributed by atoms with E-state index in [1.165, 1.54) is 11.1 Å². The minimum Gasteiger partial charge on any atom is -0.495 e. The van der Waals surface area contributed by atoms with E-state index in [4.69, 9.17) is 4.74 Å².